The van der Waals surface area contributed by atoms with Gasteiger partial charge in [-0.05, 0) is 19.8 Å². The standard InChI is InChI=1S/C9H16N2O4/c1-2-11(6-3-4-6)9(15)10-5-7(12)8(13)14/h6-7,12H,2-5H2,1H3,(H,10,15)(H,13,14). The number of carboxylic acid groups (broad SMARTS) is 1. The quantitative estimate of drug-likeness (QED) is 0.584. The highest BCUT2D eigenvalue weighted by Crippen LogP contribution is 2.26. The predicted molar refractivity (Wildman–Crippen MR) is 52.4 cm³/mol. The van der Waals surface area contributed by atoms with Gasteiger partial charge in [0.15, 0.2) is 6.10 Å². The SMILES string of the molecule is CCN(C(=O)NCC(O)C(=O)O)C1CC1. The van der Waals surface area contributed by atoms with Crippen LogP contribution >= 0.6 is 0 Å². The molecule has 1 fully saturated rings. The van der Waals surface area contributed by atoms with Crippen LogP contribution < -0.4 is 5.32 Å². The zero-order valence-corrected chi connectivity index (χ0v) is 8.64. The van der Waals surface area contributed by atoms with Crippen LogP contribution in [0.4, 0.5) is 4.79 Å². The molecule has 1 unspecified atom stereocenters. The number of rotatable bonds is 5. The molecule has 6 nitrogen and oxygen atoms in total. The van der Waals surface area contributed by atoms with Crippen LogP contribution in [0.15, 0.2) is 0 Å². The molecule has 0 radical (unpaired) electrons. The molecular weight excluding hydrogens is 200 g/mol. The number of aliphatic hydroxyl groups is 1. The Hall–Kier alpha value is -1.30. The van der Waals surface area contributed by atoms with Crippen molar-refractivity contribution in [1.29, 1.82) is 0 Å². The summed E-state index contributed by atoms with van der Waals surface area (Å²) in [4.78, 5) is 23.4. The number of aliphatic carboxylic acids is 1. The molecular formula is C9H16N2O4. The van der Waals surface area contributed by atoms with Crippen molar-refractivity contribution in [3.05, 3.63) is 0 Å². The third-order valence-corrected chi connectivity index (χ3v) is 2.32. The topological polar surface area (TPSA) is 89.9 Å². The highest BCUT2D eigenvalue weighted by Gasteiger charge is 2.31. The van der Waals surface area contributed by atoms with Crippen molar-refractivity contribution < 1.29 is 19.8 Å². The summed E-state index contributed by atoms with van der Waals surface area (Å²) < 4.78 is 0. The Balaban J connectivity index is 2.30. The fourth-order valence-corrected chi connectivity index (χ4v) is 1.33. The summed E-state index contributed by atoms with van der Waals surface area (Å²) in [5, 5.41) is 19.7. The Bertz CT molecular complexity index is 252. The van der Waals surface area contributed by atoms with E-state index < -0.39 is 12.1 Å². The molecule has 1 saturated carbocycles. The fraction of sp³-hybridized carbons (Fsp3) is 0.778. The van der Waals surface area contributed by atoms with Gasteiger partial charge in [-0.1, -0.05) is 0 Å². The maximum atomic E-state index is 11.5. The number of urea groups is 1. The first kappa shape index (κ1) is 11.8. The first-order chi connectivity index (χ1) is 7.06. The van der Waals surface area contributed by atoms with E-state index in [0.717, 1.165) is 12.8 Å². The molecule has 1 atom stereocenters. The van der Waals surface area contributed by atoms with Crippen LogP contribution in [-0.4, -0.2) is 52.3 Å². The molecule has 0 saturated heterocycles. The van der Waals surface area contributed by atoms with E-state index >= 15 is 0 Å². The lowest BCUT2D eigenvalue weighted by molar-refractivity contribution is -0.146. The van der Waals surface area contributed by atoms with Gasteiger partial charge >= 0.3 is 12.0 Å². The van der Waals surface area contributed by atoms with Gasteiger partial charge in [0.1, 0.15) is 0 Å². The van der Waals surface area contributed by atoms with Crippen LogP contribution in [0, 0.1) is 0 Å². The minimum absolute atomic E-state index is 0.253. The largest absolute Gasteiger partial charge is 0.479 e. The fourth-order valence-electron chi connectivity index (χ4n) is 1.33. The first-order valence-electron chi connectivity index (χ1n) is 5.01. The molecule has 0 aliphatic heterocycles. The molecule has 0 heterocycles. The van der Waals surface area contributed by atoms with Crippen LogP contribution in [0.2, 0.25) is 0 Å². The van der Waals surface area contributed by atoms with E-state index in [9.17, 15) is 9.59 Å². The van der Waals surface area contributed by atoms with E-state index in [2.05, 4.69) is 5.32 Å². The number of aliphatic hydroxyl groups excluding tert-OH is 1. The second-order valence-electron chi connectivity index (χ2n) is 3.56. The zero-order valence-electron chi connectivity index (χ0n) is 8.64. The van der Waals surface area contributed by atoms with Gasteiger partial charge in [-0.3, -0.25) is 0 Å². The Morgan fingerprint density at radius 3 is 2.53 bits per heavy atom. The molecule has 86 valence electrons. The Morgan fingerprint density at radius 2 is 2.13 bits per heavy atom. The van der Waals surface area contributed by atoms with Gasteiger partial charge in [0.25, 0.3) is 0 Å². The lowest BCUT2D eigenvalue weighted by Crippen LogP contribution is -2.45. The van der Waals surface area contributed by atoms with E-state index in [-0.39, 0.29) is 18.6 Å². The molecule has 3 N–H and O–H groups in total. The third kappa shape index (κ3) is 3.39. The van der Waals surface area contributed by atoms with Gasteiger partial charge < -0.3 is 20.4 Å². The first-order valence-corrected chi connectivity index (χ1v) is 5.01. The maximum absolute atomic E-state index is 11.5. The average Bonchev–Trinajstić information content (AvgIpc) is 2.99. The molecule has 1 rings (SSSR count). The van der Waals surface area contributed by atoms with Crippen LogP contribution in [0.3, 0.4) is 0 Å². The van der Waals surface area contributed by atoms with E-state index in [4.69, 9.17) is 10.2 Å². The molecule has 1 aliphatic carbocycles. The molecule has 15 heavy (non-hydrogen) atoms. The summed E-state index contributed by atoms with van der Waals surface area (Å²) in [6, 6.07) is -0.0164. The molecule has 2 amide bonds. The Morgan fingerprint density at radius 1 is 1.53 bits per heavy atom. The summed E-state index contributed by atoms with van der Waals surface area (Å²) in [6.07, 6.45) is 0.470. The van der Waals surface area contributed by atoms with Crippen LogP contribution in [-0.2, 0) is 4.79 Å². The Kier molecular flexibility index (Phi) is 3.90. The summed E-state index contributed by atoms with van der Waals surface area (Å²) in [5.74, 6) is -1.33. The van der Waals surface area contributed by atoms with Gasteiger partial charge in [-0.2, -0.15) is 0 Å². The molecule has 0 bridgehead atoms. The summed E-state index contributed by atoms with van der Waals surface area (Å²) >= 11 is 0. The highest BCUT2D eigenvalue weighted by atomic mass is 16.4. The second-order valence-corrected chi connectivity index (χ2v) is 3.56. The van der Waals surface area contributed by atoms with Crippen molar-refractivity contribution >= 4 is 12.0 Å². The molecule has 0 aromatic carbocycles. The summed E-state index contributed by atoms with van der Waals surface area (Å²) in [5.41, 5.74) is 0. The normalized spacial score (nSPS) is 16.9. The molecule has 0 aromatic heterocycles. The van der Waals surface area contributed by atoms with Crippen molar-refractivity contribution in [1.82, 2.24) is 10.2 Å². The number of carbonyl (C=O) groups excluding carboxylic acids is 1. The summed E-state index contributed by atoms with van der Waals surface area (Å²) in [7, 11) is 0. The monoisotopic (exact) mass is 216 g/mol. The molecule has 1 aliphatic rings. The number of nitrogens with one attached hydrogen (secondary N) is 1. The zero-order chi connectivity index (χ0) is 11.4. The van der Waals surface area contributed by atoms with Gasteiger partial charge in [-0.25, -0.2) is 9.59 Å². The van der Waals surface area contributed by atoms with E-state index in [1.54, 1.807) is 4.90 Å². The van der Waals surface area contributed by atoms with Crippen LogP contribution in [0.25, 0.3) is 0 Å². The summed E-state index contributed by atoms with van der Waals surface area (Å²) in [6.45, 7) is 2.21. The van der Waals surface area contributed by atoms with Crippen molar-refractivity contribution in [2.45, 2.75) is 31.9 Å². The average molecular weight is 216 g/mol. The minimum atomic E-state index is -1.54. The smallest absolute Gasteiger partial charge is 0.334 e. The molecule has 6 heteroatoms. The lowest BCUT2D eigenvalue weighted by Gasteiger charge is -2.21. The van der Waals surface area contributed by atoms with Gasteiger partial charge in [0, 0.05) is 12.6 Å². The third-order valence-electron chi connectivity index (χ3n) is 2.32. The number of nitrogens with zero attached hydrogens (tertiary/aromatic N) is 1. The van der Waals surface area contributed by atoms with Gasteiger partial charge in [0.2, 0.25) is 0 Å². The lowest BCUT2D eigenvalue weighted by atomic mass is 10.3. The van der Waals surface area contributed by atoms with Crippen molar-refractivity contribution in [3.63, 3.8) is 0 Å². The van der Waals surface area contributed by atoms with Gasteiger partial charge in [0.05, 0.1) is 6.54 Å². The number of hydrogen-bond acceptors (Lipinski definition) is 3. The van der Waals surface area contributed by atoms with Crippen molar-refractivity contribution in [3.8, 4) is 0 Å². The van der Waals surface area contributed by atoms with E-state index in [1.807, 2.05) is 6.92 Å². The Labute approximate surface area is 87.9 Å². The number of carboxylic acids is 1. The second kappa shape index (κ2) is 4.97. The minimum Gasteiger partial charge on any atom is -0.479 e. The predicted octanol–water partition coefficient (Wildman–Crippen LogP) is -0.374. The number of hydrogen-bond donors (Lipinski definition) is 3. The number of carbonyl (C=O) groups is 2. The van der Waals surface area contributed by atoms with Crippen LogP contribution in [0.5, 0.6) is 0 Å². The van der Waals surface area contributed by atoms with Gasteiger partial charge in [-0.15, -0.1) is 0 Å². The maximum Gasteiger partial charge on any atom is 0.334 e. The van der Waals surface area contributed by atoms with E-state index in [1.165, 1.54) is 0 Å². The highest BCUT2D eigenvalue weighted by molar-refractivity contribution is 5.77. The molecule has 0 spiro atoms. The molecule has 0 aromatic rings. The van der Waals surface area contributed by atoms with Crippen molar-refractivity contribution in [2.75, 3.05) is 13.1 Å². The van der Waals surface area contributed by atoms with E-state index in [0.29, 0.717) is 6.54 Å². The van der Waals surface area contributed by atoms with Crippen molar-refractivity contribution in [2.24, 2.45) is 0 Å². The number of amides is 2. The van der Waals surface area contributed by atoms with Crippen LogP contribution in [0.1, 0.15) is 19.8 Å².